The van der Waals surface area contributed by atoms with E-state index in [0.717, 1.165) is 12.1 Å². The number of nitrogens with zero attached hydrogens (tertiary/aromatic N) is 2. The van der Waals surface area contributed by atoms with E-state index in [1.807, 2.05) is 0 Å². The van der Waals surface area contributed by atoms with E-state index >= 15 is 0 Å². The van der Waals surface area contributed by atoms with E-state index < -0.39 is 0 Å². The lowest BCUT2D eigenvalue weighted by molar-refractivity contribution is 0.0190. The Labute approximate surface area is 85.7 Å². The maximum Gasteiger partial charge on any atom is 0.0351 e. The van der Waals surface area contributed by atoms with Crippen molar-refractivity contribution in [1.29, 1.82) is 0 Å². The molecule has 2 rings (SSSR count). The van der Waals surface area contributed by atoms with Gasteiger partial charge in [0.05, 0.1) is 0 Å². The molecule has 2 aliphatic heterocycles. The third kappa shape index (κ3) is 2.20. The Morgan fingerprint density at radius 3 is 2.31 bits per heavy atom. The second-order valence-corrected chi connectivity index (χ2v) is 5.57. The summed E-state index contributed by atoms with van der Waals surface area (Å²) in [5.41, 5.74) is 0. The van der Waals surface area contributed by atoms with E-state index in [1.54, 1.807) is 0 Å². The van der Waals surface area contributed by atoms with Crippen LogP contribution in [0.1, 0.15) is 13.8 Å². The molecule has 0 unspecified atom stereocenters. The zero-order chi connectivity index (χ0) is 9.26. The van der Waals surface area contributed by atoms with Crippen molar-refractivity contribution in [2.75, 3.05) is 37.7 Å². The lowest BCUT2D eigenvalue weighted by Gasteiger charge is -2.48. The van der Waals surface area contributed by atoms with Gasteiger partial charge in [0, 0.05) is 49.8 Å². The van der Waals surface area contributed by atoms with Crippen LogP contribution in [0, 0.1) is 0 Å². The smallest absolute Gasteiger partial charge is 0.0351 e. The highest BCUT2D eigenvalue weighted by molar-refractivity contribution is 7.99. The molecule has 0 aliphatic carbocycles. The van der Waals surface area contributed by atoms with Crippen LogP contribution in [-0.2, 0) is 0 Å². The lowest BCUT2D eigenvalue weighted by Crippen LogP contribution is -2.62. The molecule has 0 N–H and O–H groups in total. The van der Waals surface area contributed by atoms with Gasteiger partial charge < -0.3 is 0 Å². The summed E-state index contributed by atoms with van der Waals surface area (Å²) in [7, 11) is 0. The van der Waals surface area contributed by atoms with Crippen LogP contribution in [0.4, 0.5) is 0 Å². The second kappa shape index (κ2) is 4.20. The summed E-state index contributed by atoms with van der Waals surface area (Å²) < 4.78 is 0. The number of hydrogen-bond acceptors (Lipinski definition) is 3. The summed E-state index contributed by atoms with van der Waals surface area (Å²) in [6.45, 7) is 9.84. The summed E-state index contributed by atoms with van der Waals surface area (Å²) in [6, 6.07) is 1.62. The van der Waals surface area contributed by atoms with Crippen LogP contribution in [0.25, 0.3) is 0 Å². The molecule has 0 spiro atoms. The Kier molecular flexibility index (Phi) is 3.17. The van der Waals surface area contributed by atoms with Gasteiger partial charge in [-0.1, -0.05) is 0 Å². The number of hydrogen-bond donors (Lipinski definition) is 0. The van der Waals surface area contributed by atoms with Crippen molar-refractivity contribution in [3.8, 4) is 0 Å². The van der Waals surface area contributed by atoms with Gasteiger partial charge >= 0.3 is 0 Å². The van der Waals surface area contributed by atoms with Gasteiger partial charge in [-0.2, -0.15) is 11.8 Å². The molecule has 0 bridgehead atoms. The van der Waals surface area contributed by atoms with E-state index in [2.05, 4.69) is 35.4 Å². The number of likely N-dealkylation sites (tertiary alicyclic amines) is 1. The quantitative estimate of drug-likeness (QED) is 0.660. The summed E-state index contributed by atoms with van der Waals surface area (Å²) in [5, 5.41) is 0. The maximum absolute atomic E-state index is 2.68. The summed E-state index contributed by atoms with van der Waals surface area (Å²) in [4.78, 5) is 5.24. The van der Waals surface area contributed by atoms with Crippen LogP contribution in [0.2, 0.25) is 0 Å². The highest BCUT2D eigenvalue weighted by atomic mass is 32.2. The van der Waals surface area contributed by atoms with Gasteiger partial charge in [0.25, 0.3) is 0 Å². The summed E-state index contributed by atoms with van der Waals surface area (Å²) in [6.07, 6.45) is 0. The Balaban J connectivity index is 1.72. The molecule has 2 nitrogen and oxygen atoms in total. The fraction of sp³-hybridized carbons (Fsp3) is 1.00. The van der Waals surface area contributed by atoms with Crippen molar-refractivity contribution in [2.45, 2.75) is 25.9 Å². The van der Waals surface area contributed by atoms with Gasteiger partial charge in [0.2, 0.25) is 0 Å². The third-order valence-electron chi connectivity index (χ3n) is 3.18. The first-order chi connectivity index (χ1) is 6.27. The first-order valence-corrected chi connectivity index (χ1v) is 6.48. The molecule has 0 aromatic rings. The summed E-state index contributed by atoms with van der Waals surface area (Å²) in [5.74, 6) is 2.69. The Morgan fingerprint density at radius 2 is 1.77 bits per heavy atom. The van der Waals surface area contributed by atoms with Crippen molar-refractivity contribution >= 4 is 11.8 Å². The molecular formula is C10H20N2S. The molecule has 0 radical (unpaired) electrons. The lowest BCUT2D eigenvalue weighted by atomic mass is 10.0. The molecule has 0 aromatic heterocycles. The predicted molar refractivity (Wildman–Crippen MR) is 59.4 cm³/mol. The Bertz CT molecular complexity index is 160. The van der Waals surface area contributed by atoms with Gasteiger partial charge in [-0.15, -0.1) is 0 Å². The van der Waals surface area contributed by atoms with Gasteiger partial charge in [-0.3, -0.25) is 9.80 Å². The fourth-order valence-corrected chi connectivity index (χ4v) is 3.01. The second-order valence-electron chi connectivity index (χ2n) is 4.35. The number of thioether (sulfide) groups is 1. The van der Waals surface area contributed by atoms with E-state index in [-0.39, 0.29) is 0 Å². The van der Waals surface area contributed by atoms with Crippen LogP contribution in [-0.4, -0.2) is 59.6 Å². The van der Waals surface area contributed by atoms with Gasteiger partial charge in [0.15, 0.2) is 0 Å². The Hall–Kier alpha value is 0.270. The van der Waals surface area contributed by atoms with Crippen LogP contribution >= 0.6 is 11.8 Å². The van der Waals surface area contributed by atoms with E-state index in [9.17, 15) is 0 Å². The van der Waals surface area contributed by atoms with Gasteiger partial charge in [-0.05, 0) is 13.8 Å². The normalized spacial score (nSPS) is 27.9. The molecule has 0 aromatic carbocycles. The zero-order valence-electron chi connectivity index (χ0n) is 8.70. The van der Waals surface area contributed by atoms with Gasteiger partial charge in [0.1, 0.15) is 0 Å². The molecule has 13 heavy (non-hydrogen) atoms. The number of rotatable bonds is 2. The van der Waals surface area contributed by atoms with Crippen LogP contribution in [0.15, 0.2) is 0 Å². The SMILES string of the molecule is CC(C)N1CC(N2CCSCC2)C1. The highest BCUT2D eigenvalue weighted by Crippen LogP contribution is 2.20. The molecule has 2 aliphatic rings. The minimum atomic E-state index is 0.746. The standard InChI is InChI=1S/C10H20N2S/c1-9(2)12-7-10(8-12)11-3-5-13-6-4-11/h9-10H,3-8H2,1-2H3. The molecule has 0 amide bonds. The average Bonchev–Trinajstić information content (AvgIpc) is 2.02. The van der Waals surface area contributed by atoms with Crippen molar-refractivity contribution in [2.24, 2.45) is 0 Å². The monoisotopic (exact) mass is 200 g/mol. The molecule has 2 heterocycles. The molecule has 3 heteroatoms. The fourth-order valence-electron chi connectivity index (χ4n) is 2.08. The third-order valence-corrected chi connectivity index (χ3v) is 4.13. The topological polar surface area (TPSA) is 6.48 Å². The molecule has 2 fully saturated rings. The molecule has 76 valence electrons. The molecule has 2 saturated heterocycles. The van der Waals surface area contributed by atoms with E-state index in [1.165, 1.54) is 37.7 Å². The zero-order valence-corrected chi connectivity index (χ0v) is 9.52. The Morgan fingerprint density at radius 1 is 1.15 bits per heavy atom. The van der Waals surface area contributed by atoms with E-state index in [0.29, 0.717) is 0 Å². The largest absolute Gasteiger partial charge is 0.298 e. The maximum atomic E-state index is 2.68. The average molecular weight is 200 g/mol. The van der Waals surface area contributed by atoms with Crippen LogP contribution in [0.5, 0.6) is 0 Å². The summed E-state index contributed by atoms with van der Waals surface area (Å²) >= 11 is 2.10. The molecule has 0 saturated carbocycles. The van der Waals surface area contributed by atoms with Crippen molar-refractivity contribution in [1.82, 2.24) is 9.80 Å². The highest BCUT2D eigenvalue weighted by Gasteiger charge is 2.33. The van der Waals surface area contributed by atoms with Crippen molar-refractivity contribution in [3.05, 3.63) is 0 Å². The molecular weight excluding hydrogens is 180 g/mol. The minimum absolute atomic E-state index is 0.746. The first-order valence-electron chi connectivity index (χ1n) is 5.33. The molecule has 0 atom stereocenters. The first kappa shape index (κ1) is 9.81. The van der Waals surface area contributed by atoms with Crippen LogP contribution < -0.4 is 0 Å². The van der Waals surface area contributed by atoms with Crippen molar-refractivity contribution < 1.29 is 0 Å². The van der Waals surface area contributed by atoms with Crippen molar-refractivity contribution in [3.63, 3.8) is 0 Å². The van der Waals surface area contributed by atoms with Crippen LogP contribution in [0.3, 0.4) is 0 Å². The minimum Gasteiger partial charge on any atom is -0.298 e. The van der Waals surface area contributed by atoms with E-state index in [4.69, 9.17) is 0 Å². The van der Waals surface area contributed by atoms with Gasteiger partial charge in [-0.25, -0.2) is 0 Å². The predicted octanol–water partition coefficient (Wildman–Crippen LogP) is 1.13.